The molecule has 1 aliphatic carbocycles. The van der Waals surface area contributed by atoms with Crippen LogP contribution in [0.2, 0.25) is 0 Å². The molecule has 1 N–H and O–H groups in total. The fraction of sp³-hybridized carbons (Fsp3) is 0.346. The van der Waals surface area contributed by atoms with Gasteiger partial charge in [0.2, 0.25) is 0 Å². The molecule has 0 unspecified atom stereocenters. The van der Waals surface area contributed by atoms with E-state index >= 15 is 0 Å². The van der Waals surface area contributed by atoms with Gasteiger partial charge in [0.05, 0.1) is 23.9 Å². The Bertz CT molecular complexity index is 1090. The highest BCUT2D eigenvalue weighted by atomic mass is 16.5. The van der Waals surface area contributed by atoms with E-state index in [0.29, 0.717) is 22.2 Å². The predicted molar refractivity (Wildman–Crippen MR) is 124 cm³/mol. The minimum atomic E-state index is -0.533. The molecular formula is C26H28N2O4. The molecule has 2 aromatic carbocycles. The van der Waals surface area contributed by atoms with Gasteiger partial charge in [-0.3, -0.25) is 4.79 Å². The van der Waals surface area contributed by atoms with Crippen molar-refractivity contribution >= 4 is 22.8 Å². The molecule has 1 fully saturated rings. The Morgan fingerprint density at radius 3 is 2.44 bits per heavy atom. The van der Waals surface area contributed by atoms with Gasteiger partial charge in [0.15, 0.2) is 6.61 Å². The molecule has 0 atom stereocenters. The number of para-hydroxylation sites is 1. The molecule has 1 heterocycles. The number of esters is 1. The first kappa shape index (κ1) is 21.8. The number of carbonyl (C=O) groups excluding carboxylic acids is 2. The van der Waals surface area contributed by atoms with Gasteiger partial charge in [-0.05, 0) is 49.2 Å². The summed E-state index contributed by atoms with van der Waals surface area (Å²) in [6, 6.07) is 16.8. The van der Waals surface area contributed by atoms with Crippen molar-refractivity contribution in [3.63, 3.8) is 0 Å². The van der Waals surface area contributed by atoms with Crippen molar-refractivity contribution < 1.29 is 19.1 Å². The van der Waals surface area contributed by atoms with Crippen molar-refractivity contribution in [2.45, 2.75) is 44.6 Å². The average Bonchev–Trinajstić information content (AvgIpc) is 3.10. The molecule has 0 saturated heterocycles. The fourth-order valence-electron chi connectivity index (χ4n) is 4.16. The maximum Gasteiger partial charge on any atom is 0.339 e. The molecule has 6 nitrogen and oxygen atoms in total. The van der Waals surface area contributed by atoms with Crippen LogP contribution in [0.25, 0.3) is 22.2 Å². The third kappa shape index (κ3) is 5.25. The standard InChI is InChI=1S/C26H28N2O4/c1-31-20-14-12-18(13-15-20)24-16-22(21-10-6-7-11-23(21)28-24)26(30)32-17-25(29)27-19-8-4-2-3-5-9-19/h6-7,10-16,19H,2-5,8-9,17H2,1H3,(H,27,29). The van der Waals surface area contributed by atoms with Gasteiger partial charge in [-0.25, -0.2) is 9.78 Å². The monoisotopic (exact) mass is 432 g/mol. The lowest BCUT2D eigenvalue weighted by atomic mass is 10.0. The molecule has 0 radical (unpaired) electrons. The number of pyridine rings is 1. The van der Waals surface area contributed by atoms with Gasteiger partial charge in [0, 0.05) is 17.0 Å². The molecule has 1 aliphatic rings. The molecule has 1 aromatic heterocycles. The molecular weight excluding hydrogens is 404 g/mol. The second-order valence-electron chi connectivity index (χ2n) is 8.13. The number of carbonyl (C=O) groups is 2. The van der Waals surface area contributed by atoms with Crippen LogP contribution in [0.4, 0.5) is 0 Å². The van der Waals surface area contributed by atoms with E-state index < -0.39 is 5.97 Å². The summed E-state index contributed by atoms with van der Waals surface area (Å²) >= 11 is 0. The zero-order valence-electron chi connectivity index (χ0n) is 18.3. The minimum Gasteiger partial charge on any atom is -0.497 e. The average molecular weight is 433 g/mol. The summed E-state index contributed by atoms with van der Waals surface area (Å²) in [4.78, 5) is 30.0. The van der Waals surface area contributed by atoms with E-state index in [1.54, 1.807) is 13.2 Å². The number of fused-ring (bicyclic) bond motifs is 1. The molecule has 166 valence electrons. The molecule has 1 amide bonds. The Hall–Kier alpha value is -3.41. The number of aromatic nitrogens is 1. The van der Waals surface area contributed by atoms with Crippen molar-refractivity contribution in [2.24, 2.45) is 0 Å². The highest BCUT2D eigenvalue weighted by molar-refractivity contribution is 6.05. The molecule has 1 saturated carbocycles. The van der Waals surface area contributed by atoms with Gasteiger partial charge < -0.3 is 14.8 Å². The summed E-state index contributed by atoms with van der Waals surface area (Å²) in [5.74, 6) is -0.0396. The van der Waals surface area contributed by atoms with Gasteiger partial charge in [0.1, 0.15) is 5.75 Å². The zero-order chi connectivity index (χ0) is 22.3. The molecule has 3 aromatic rings. The Morgan fingerprint density at radius 2 is 1.72 bits per heavy atom. The van der Waals surface area contributed by atoms with Gasteiger partial charge in [-0.1, -0.05) is 43.9 Å². The number of hydrogen-bond acceptors (Lipinski definition) is 5. The number of ether oxygens (including phenoxy) is 2. The Kier molecular flexibility index (Phi) is 7.00. The van der Waals surface area contributed by atoms with Crippen LogP contribution in [0.3, 0.4) is 0 Å². The molecule has 6 heteroatoms. The predicted octanol–water partition coefficient (Wildman–Crippen LogP) is 4.91. The smallest absolute Gasteiger partial charge is 0.339 e. The third-order valence-corrected chi connectivity index (χ3v) is 5.88. The van der Waals surface area contributed by atoms with Gasteiger partial charge in [0.25, 0.3) is 5.91 Å². The minimum absolute atomic E-state index is 0.173. The van der Waals surface area contributed by atoms with Crippen molar-refractivity contribution in [3.05, 3.63) is 60.2 Å². The lowest BCUT2D eigenvalue weighted by Gasteiger charge is -2.16. The summed E-state index contributed by atoms with van der Waals surface area (Å²) in [6.45, 7) is -0.288. The van der Waals surface area contributed by atoms with Crippen LogP contribution in [0.15, 0.2) is 54.6 Å². The summed E-state index contributed by atoms with van der Waals surface area (Å²) in [6.07, 6.45) is 6.66. The van der Waals surface area contributed by atoms with E-state index in [1.165, 1.54) is 12.8 Å². The van der Waals surface area contributed by atoms with Gasteiger partial charge >= 0.3 is 5.97 Å². The first-order valence-electron chi connectivity index (χ1n) is 11.1. The highest BCUT2D eigenvalue weighted by Gasteiger charge is 2.19. The van der Waals surface area contributed by atoms with E-state index in [0.717, 1.165) is 37.0 Å². The first-order valence-corrected chi connectivity index (χ1v) is 11.1. The van der Waals surface area contributed by atoms with E-state index in [2.05, 4.69) is 5.32 Å². The number of amides is 1. The lowest BCUT2D eigenvalue weighted by Crippen LogP contribution is -2.37. The summed E-state index contributed by atoms with van der Waals surface area (Å²) < 4.78 is 10.6. The SMILES string of the molecule is COc1ccc(-c2cc(C(=O)OCC(=O)NC3CCCCCC3)c3ccccc3n2)cc1. The molecule has 0 spiro atoms. The largest absolute Gasteiger partial charge is 0.497 e. The number of hydrogen-bond donors (Lipinski definition) is 1. The van der Waals surface area contributed by atoms with Crippen LogP contribution in [0.1, 0.15) is 48.9 Å². The van der Waals surface area contributed by atoms with Crippen LogP contribution >= 0.6 is 0 Å². The molecule has 0 aliphatic heterocycles. The lowest BCUT2D eigenvalue weighted by molar-refractivity contribution is -0.125. The number of nitrogens with zero attached hydrogens (tertiary/aromatic N) is 1. The Labute approximate surface area is 187 Å². The first-order chi connectivity index (χ1) is 15.6. The van der Waals surface area contributed by atoms with E-state index in [4.69, 9.17) is 14.5 Å². The third-order valence-electron chi connectivity index (χ3n) is 5.88. The second kappa shape index (κ2) is 10.3. The molecule has 32 heavy (non-hydrogen) atoms. The van der Waals surface area contributed by atoms with Crippen molar-refractivity contribution in [1.82, 2.24) is 10.3 Å². The maximum absolute atomic E-state index is 12.9. The van der Waals surface area contributed by atoms with E-state index in [9.17, 15) is 9.59 Å². The van der Waals surface area contributed by atoms with Crippen LogP contribution in [-0.4, -0.2) is 36.6 Å². The summed E-state index contributed by atoms with van der Waals surface area (Å²) in [5.41, 5.74) is 2.59. The highest BCUT2D eigenvalue weighted by Crippen LogP contribution is 2.27. The van der Waals surface area contributed by atoms with Crippen LogP contribution in [0.5, 0.6) is 5.75 Å². The topological polar surface area (TPSA) is 77.5 Å². The Balaban J connectivity index is 1.51. The van der Waals surface area contributed by atoms with E-state index in [1.807, 2.05) is 48.5 Å². The number of nitrogens with one attached hydrogen (secondary N) is 1. The number of methoxy groups -OCH3 is 1. The van der Waals surface area contributed by atoms with Crippen molar-refractivity contribution in [1.29, 1.82) is 0 Å². The van der Waals surface area contributed by atoms with Crippen LogP contribution < -0.4 is 10.1 Å². The van der Waals surface area contributed by atoms with Crippen molar-refractivity contribution in [2.75, 3.05) is 13.7 Å². The zero-order valence-corrected chi connectivity index (χ0v) is 18.3. The quantitative estimate of drug-likeness (QED) is 0.443. The second-order valence-corrected chi connectivity index (χ2v) is 8.13. The summed E-state index contributed by atoms with van der Waals surface area (Å²) in [5, 5.41) is 3.70. The number of rotatable bonds is 6. The molecule has 0 bridgehead atoms. The van der Waals surface area contributed by atoms with Crippen LogP contribution in [0, 0.1) is 0 Å². The fourth-order valence-corrected chi connectivity index (χ4v) is 4.16. The number of benzene rings is 2. The summed E-state index contributed by atoms with van der Waals surface area (Å²) in [7, 11) is 1.61. The van der Waals surface area contributed by atoms with E-state index in [-0.39, 0.29) is 18.6 Å². The molecule has 4 rings (SSSR count). The Morgan fingerprint density at radius 1 is 1.00 bits per heavy atom. The van der Waals surface area contributed by atoms with Gasteiger partial charge in [-0.2, -0.15) is 0 Å². The van der Waals surface area contributed by atoms with Crippen LogP contribution in [-0.2, 0) is 9.53 Å². The van der Waals surface area contributed by atoms with Crippen molar-refractivity contribution in [3.8, 4) is 17.0 Å². The normalized spacial score (nSPS) is 14.5. The maximum atomic E-state index is 12.9. The van der Waals surface area contributed by atoms with Gasteiger partial charge in [-0.15, -0.1) is 0 Å².